The molecular weight excluding hydrogens is 457 g/mol. The zero-order valence-electron chi connectivity index (χ0n) is 15.5. The minimum Gasteiger partial charge on any atom is -0.455 e. The lowest BCUT2D eigenvalue weighted by atomic mass is 10.1. The van der Waals surface area contributed by atoms with Gasteiger partial charge in [-0.1, -0.05) is 29.8 Å². The van der Waals surface area contributed by atoms with Crippen LogP contribution in [0.25, 0.3) is 0 Å². The average Bonchev–Trinajstić information content (AvgIpc) is 2.68. The fourth-order valence-electron chi connectivity index (χ4n) is 2.57. The number of anilines is 1. The van der Waals surface area contributed by atoms with Crippen LogP contribution in [0.4, 0.5) is 18.9 Å². The summed E-state index contributed by atoms with van der Waals surface area (Å²) < 4.78 is 68.0. The molecule has 0 atom stereocenters. The molecule has 0 heterocycles. The van der Waals surface area contributed by atoms with Crippen LogP contribution in [0, 0.1) is 0 Å². The van der Waals surface area contributed by atoms with Crippen molar-refractivity contribution in [2.45, 2.75) is 11.1 Å². The minimum absolute atomic E-state index is 0.0498. The number of amides is 1. The Balaban J connectivity index is 1.99. The summed E-state index contributed by atoms with van der Waals surface area (Å²) in [6, 6.07) is 13.5. The predicted molar refractivity (Wildman–Crippen MR) is 109 cm³/mol. The van der Waals surface area contributed by atoms with Gasteiger partial charge in [-0.3, -0.25) is 4.79 Å². The fourth-order valence-corrected chi connectivity index (χ4v) is 3.30. The topological polar surface area (TPSA) is 98.5 Å². The van der Waals surface area contributed by atoms with Crippen LogP contribution in [0.3, 0.4) is 0 Å². The second-order valence-corrected chi connectivity index (χ2v) is 8.24. The molecule has 0 aromatic heterocycles. The largest absolute Gasteiger partial charge is 0.455 e. The lowest BCUT2D eigenvalue weighted by molar-refractivity contribution is -0.137. The van der Waals surface area contributed by atoms with E-state index in [1.165, 1.54) is 30.3 Å². The quantitative estimate of drug-likeness (QED) is 0.545. The van der Waals surface area contributed by atoms with Crippen molar-refractivity contribution in [3.63, 3.8) is 0 Å². The molecule has 0 spiro atoms. The summed E-state index contributed by atoms with van der Waals surface area (Å²) in [7, 11) is -4.02. The van der Waals surface area contributed by atoms with Crippen LogP contribution >= 0.6 is 11.6 Å². The van der Waals surface area contributed by atoms with E-state index in [2.05, 4.69) is 5.32 Å². The number of hydrogen-bond donors (Lipinski definition) is 2. The fraction of sp³-hybridized carbons (Fsp3) is 0.0500. The number of rotatable bonds is 5. The van der Waals surface area contributed by atoms with E-state index in [4.69, 9.17) is 21.5 Å². The van der Waals surface area contributed by atoms with Crippen molar-refractivity contribution in [2.24, 2.45) is 5.14 Å². The summed E-state index contributed by atoms with van der Waals surface area (Å²) in [5.74, 6) is -1.17. The van der Waals surface area contributed by atoms with Gasteiger partial charge >= 0.3 is 6.18 Å². The molecule has 3 aromatic rings. The Morgan fingerprint density at radius 2 is 1.68 bits per heavy atom. The van der Waals surface area contributed by atoms with Crippen LogP contribution in [0.5, 0.6) is 11.5 Å². The maximum Gasteiger partial charge on any atom is 0.416 e. The van der Waals surface area contributed by atoms with E-state index >= 15 is 0 Å². The van der Waals surface area contributed by atoms with Crippen LogP contribution in [0.15, 0.2) is 71.6 Å². The predicted octanol–water partition coefficient (Wildman–Crippen LogP) is 5.05. The first-order valence-electron chi connectivity index (χ1n) is 8.53. The lowest BCUT2D eigenvalue weighted by Crippen LogP contribution is -2.16. The number of halogens is 4. The van der Waals surface area contributed by atoms with Gasteiger partial charge in [-0.15, -0.1) is 0 Å². The molecule has 0 saturated heterocycles. The summed E-state index contributed by atoms with van der Waals surface area (Å²) in [5.41, 5.74) is -1.18. The van der Waals surface area contributed by atoms with E-state index in [1.807, 2.05) is 0 Å². The van der Waals surface area contributed by atoms with Crippen LogP contribution in [0.2, 0.25) is 5.02 Å². The number of ether oxygens (including phenoxy) is 1. The molecule has 0 bridgehead atoms. The Labute approximate surface area is 180 Å². The highest BCUT2D eigenvalue weighted by Gasteiger charge is 2.32. The van der Waals surface area contributed by atoms with Gasteiger partial charge in [0.05, 0.1) is 21.0 Å². The van der Waals surface area contributed by atoms with Crippen molar-refractivity contribution < 1.29 is 31.1 Å². The zero-order chi connectivity index (χ0) is 22.8. The molecule has 0 aliphatic heterocycles. The number of nitrogens with two attached hydrogens (primary N) is 1. The molecule has 3 aromatic carbocycles. The summed E-state index contributed by atoms with van der Waals surface area (Å²) in [5, 5.41) is 7.62. The van der Waals surface area contributed by atoms with Gasteiger partial charge in [0, 0.05) is 5.69 Å². The Bertz CT molecular complexity index is 1250. The third-order valence-corrected chi connectivity index (χ3v) is 5.25. The normalized spacial score (nSPS) is 11.8. The Kier molecular flexibility index (Phi) is 6.25. The average molecular weight is 471 g/mol. The Morgan fingerprint density at radius 1 is 0.968 bits per heavy atom. The Morgan fingerprint density at radius 3 is 2.32 bits per heavy atom. The summed E-state index contributed by atoms with van der Waals surface area (Å²) in [4.78, 5) is 12.5. The molecule has 11 heteroatoms. The molecule has 0 unspecified atom stereocenters. The standard InChI is InChI=1S/C20H14ClF3N2O4S/c21-16-6-1-2-7-17(16)30-18-10-12(20(22,23)24)8-9-15(18)19(27)26-13-4-3-5-14(11-13)31(25,28)29/h1-11H,(H,26,27)(H2,25,28,29). The molecular formula is C20H14ClF3N2O4S. The number of carbonyl (C=O) groups is 1. The molecule has 0 aliphatic rings. The van der Waals surface area contributed by atoms with Gasteiger partial charge in [0.2, 0.25) is 10.0 Å². The molecule has 3 N–H and O–H groups in total. The van der Waals surface area contributed by atoms with Gasteiger partial charge in [-0.2, -0.15) is 13.2 Å². The van der Waals surface area contributed by atoms with Crippen molar-refractivity contribution >= 4 is 33.2 Å². The SMILES string of the molecule is NS(=O)(=O)c1cccc(NC(=O)c2ccc(C(F)(F)F)cc2Oc2ccccc2Cl)c1. The summed E-state index contributed by atoms with van der Waals surface area (Å²) >= 11 is 6.01. The third kappa shape index (κ3) is 5.54. The maximum absolute atomic E-state index is 13.2. The number of primary sulfonamides is 1. The third-order valence-electron chi connectivity index (χ3n) is 4.03. The maximum atomic E-state index is 13.2. The van der Waals surface area contributed by atoms with Crippen molar-refractivity contribution in [3.8, 4) is 11.5 Å². The van der Waals surface area contributed by atoms with E-state index in [0.717, 1.165) is 18.2 Å². The number of nitrogens with one attached hydrogen (secondary N) is 1. The van der Waals surface area contributed by atoms with Crippen molar-refractivity contribution in [1.82, 2.24) is 0 Å². The second kappa shape index (κ2) is 8.58. The number of hydrogen-bond acceptors (Lipinski definition) is 4. The van der Waals surface area contributed by atoms with E-state index in [1.54, 1.807) is 12.1 Å². The lowest BCUT2D eigenvalue weighted by Gasteiger charge is -2.15. The number of benzene rings is 3. The van der Waals surface area contributed by atoms with Gasteiger partial charge < -0.3 is 10.1 Å². The van der Waals surface area contributed by atoms with Crippen LogP contribution in [-0.4, -0.2) is 14.3 Å². The molecule has 31 heavy (non-hydrogen) atoms. The molecule has 1 amide bonds. The highest BCUT2D eigenvalue weighted by atomic mass is 35.5. The van der Waals surface area contributed by atoms with E-state index in [0.29, 0.717) is 6.07 Å². The van der Waals surface area contributed by atoms with Crippen LogP contribution < -0.4 is 15.2 Å². The zero-order valence-corrected chi connectivity index (χ0v) is 17.1. The first kappa shape index (κ1) is 22.6. The monoisotopic (exact) mass is 470 g/mol. The van der Waals surface area contributed by atoms with Crippen molar-refractivity contribution in [2.75, 3.05) is 5.32 Å². The number of carbonyl (C=O) groups excluding carboxylic acids is 1. The van der Waals surface area contributed by atoms with Gasteiger partial charge in [0.1, 0.15) is 11.5 Å². The number of para-hydroxylation sites is 1. The molecule has 6 nitrogen and oxygen atoms in total. The number of alkyl halides is 3. The molecule has 0 saturated carbocycles. The summed E-state index contributed by atoms with van der Waals surface area (Å²) in [6.45, 7) is 0. The summed E-state index contributed by atoms with van der Waals surface area (Å²) in [6.07, 6.45) is -4.67. The van der Waals surface area contributed by atoms with Gasteiger partial charge in [-0.05, 0) is 48.5 Å². The van der Waals surface area contributed by atoms with E-state index < -0.39 is 27.7 Å². The highest BCUT2D eigenvalue weighted by molar-refractivity contribution is 7.89. The van der Waals surface area contributed by atoms with Gasteiger partial charge in [-0.25, -0.2) is 13.6 Å². The van der Waals surface area contributed by atoms with E-state index in [-0.39, 0.29) is 32.7 Å². The molecule has 0 fully saturated rings. The molecule has 0 aliphatic carbocycles. The molecule has 3 rings (SSSR count). The molecule has 0 radical (unpaired) electrons. The Hall–Kier alpha value is -3.08. The highest BCUT2D eigenvalue weighted by Crippen LogP contribution is 2.37. The van der Waals surface area contributed by atoms with Crippen molar-refractivity contribution in [3.05, 3.63) is 82.9 Å². The van der Waals surface area contributed by atoms with Crippen LogP contribution in [0.1, 0.15) is 15.9 Å². The van der Waals surface area contributed by atoms with Gasteiger partial charge in [0.25, 0.3) is 5.91 Å². The number of sulfonamides is 1. The first-order chi connectivity index (χ1) is 14.4. The van der Waals surface area contributed by atoms with Crippen LogP contribution in [-0.2, 0) is 16.2 Å². The molecule has 162 valence electrons. The van der Waals surface area contributed by atoms with Gasteiger partial charge in [0.15, 0.2) is 0 Å². The second-order valence-electron chi connectivity index (χ2n) is 6.27. The van der Waals surface area contributed by atoms with Crippen molar-refractivity contribution in [1.29, 1.82) is 0 Å². The van der Waals surface area contributed by atoms with E-state index in [9.17, 15) is 26.4 Å². The smallest absolute Gasteiger partial charge is 0.416 e. The first-order valence-corrected chi connectivity index (χ1v) is 10.5. The minimum atomic E-state index is -4.67.